The zero-order valence-corrected chi connectivity index (χ0v) is 13.6. The van der Waals surface area contributed by atoms with Crippen LogP contribution in [0.4, 0.5) is 0 Å². The van der Waals surface area contributed by atoms with Crippen LogP contribution >= 0.6 is 0 Å². The highest BCUT2D eigenvalue weighted by Crippen LogP contribution is 2.39. The van der Waals surface area contributed by atoms with E-state index >= 15 is 0 Å². The van der Waals surface area contributed by atoms with Gasteiger partial charge < -0.3 is 5.11 Å². The van der Waals surface area contributed by atoms with Gasteiger partial charge in [-0.05, 0) is 70.1 Å². The smallest absolute Gasteiger partial charge is 0.115 e. The van der Waals surface area contributed by atoms with E-state index in [4.69, 9.17) is 0 Å². The van der Waals surface area contributed by atoms with Gasteiger partial charge in [-0.2, -0.15) is 5.10 Å². The van der Waals surface area contributed by atoms with Crippen molar-refractivity contribution >= 4 is 0 Å². The lowest BCUT2D eigenvalue weighted by Gasteiger charge is -2.06. The average molecular weight is 324 g/mol. The number of fused-ring (bicyclic) bond motifs is 3. The van der Waals surface area contributed by atoms with E-state index in [1.807, 2.05) is 29.1 Å². The normalized spacial score (nSPS) is 12.0. The predicted molar refractivity (Wildman–Crippen MR) is 98.9 cm³/mol. The minimum absolute atomic E-state index is 0.295. The number of aromatic hydroxyl groups is 1. The van der Waals surface area contributed by atoms with Crippen molar-refractivity contribution in [2.24, 2.45) is 0 Å². The van der Waals surface area contributed by atoms with Crippen molar-refractivity contribution in [3.8, 4) is 33.7 Å². The Morgan fingerprint density at radius 2 is 1.52 bits per heavy atom. The maximum atomic E-state index is 9.47. The van der Waals surface area contributed by atoms with E-state index in [0.29, 0.717) is 5.75 Å². The van der Waals surface area contributed by atoms with Gasteiger partial charge in [-0.1, -0.05) is 36.4 Å². The minimum Gasteiger partial charge on any atom is -0.508 e. The van der Waals surface area contributed by atoms with Gasteiger partial charge in [-0.25, -0.2) is 4.68 Å². The second-order valence-corrected chi connectivity index (χ2v) is 6.39. The number of hydrogen-bond donors (Lipinski definition) is 1. The van der Waals surface area contributed by atoms with Crippen LogP contribution in [0, 0.1) is 0 Å². The van der Waals surface area contributed by atoms with Gasteiger partial charge in [0.1, 0.15) is 5.75 Å². The van der Waals surface area contributed by atoms with Crippen molar-refractivity contribution in [3.63, 3.8) is 0 Å². The summed E-state index contributed by atoms with van der Waals surface area (Å²) in [5, 5.41) is 13.8. The van der Waals surface area contributed by atoms with Gasteiger partial charge in [0.05, 0.1) is 5.69 Å². The molecule has 0 unspecified atom stereocenters. The topological polar surface area (TPSA) is 38.0 Å². The Morgan fingerprint density at radius 3 is 2.28 bits per heavy atom. The largest absolute Gasteiger partial charge is 0.508 e. The average Bonchev–Trinajstić information content (AvgIpc) is 3.29. The lowest BCUT2D eigenvalue weighted by molar-refractivity contribution is 0.475. The fourth-order valence-corrected chi connectivity index (χ4v) is 3.59. The molecule has 1 heterocycles. The molecule has 120 valence electrons. The molecule has 3 nitrogen and oxygen atoms in total. The highest BCUT2D eigenvalue weighted by molar-refractivity contribution is 5.81. The number of phenolic OH excluding ortho intramolecular Hbond substituents is 1. The lowest BCUT2D eigenvalue weighted by Crippen LogP contribution is -1.95. The monoisotopic (exact) mass is 324 g/mol. The minimum atomic E-state index is 0.295. The summed E-state index contributed by atoms with van der Waals surface area (Å²) in [5.41, 5.74) is 8.69. The summed E-state index contributed by atoms with van der Waals surface area (Å²) in [6, 6.07) is 22.5. The zero-order valence-electron chi connectivity index (χ0n) is 13.6. The number of rotatable bonds is 2. The molecule has 0 saturated carbocycles. The van der Waals surface area contributed by atoms with Crippen LogP contribution in [0.3, 0.4) is 0 Å². The molecular weight excluding hydrogens is 308 g/mol. The third kappa shape index (κ3) is 2.32. The van der Waals surface area contributed by atoms with Gasteiger partial charge in [0.25, 0.3) is 0 Å². The van der Waals surface area contributed by atoms with Crippen molar-refractivity contribution in [3.05, 3.63) is 90.3 Å². The highest BCUT2D eigenvalue weighted by atomic mass is 16.3. The molecule has 0 amide bonds. The van der Waals surface area contributed by atoms with Gasteiger partial charge in [-0.15, -0.1) is 0 Å². The molecule has 0 fully saturated rings. The molecule has 0 saturated heterocycles. The van der Waals surface area contributed by atoms with Crippen LogP contribution in [0.2, 0.25) is 0 Å². The molecule has 1 aliphatic rings. The Hall–Kier alpha value is -3.33. The second kappa shape index (κ2) is 5.35. The molecule has 0 atom stereocenters. The predicted octanol–water partition coefficient (Wildman–Crippen LogP) is 4.82. The van der Waals surface area contributed by atoms with Crippen LogP contribution in [0.5, 0.6) is 5.75 Å². The van der Waals surface area contributed by atoms with E-state index in [0.717, 1.165) is 17.7 Å². The summed E-state index contributed by atoms with van der Waals surface area (Å²) in [5.74, 6) is 0.295. The van der Waals surface area contributed by atoms with Crippen LogP contribution in [-0.2, 0) is 6.42 Å². The summed E-state index contributed by atoms with van der Waals surface area (Å²) in [4.78, 5) is 0. The van der Waals surface area contributed by atoms with Crippen LogP contribution in [0.1, 0.15) is 11.1 Å². The molecule has 1 aliphatic carbocycles. The molecule has 5 rings (SSSR count). The van der Waals surface area contributed by atoms with Gasteiger partial charge in [0, 0.05) is 12.4 Å². The third-order valence-corrected chi connectivity index (χ3v) is 4.83. The van der Waals surface area contributed by atoms with E-state index in [-0.39, 0.29) is 0 Å². The first-order valence-corrected chi connectivity index (χ1v) is 8.33. The fraction of sp³-hybridized carbons (Fsp3) is 0.0455. The van der Waals surface area contributed by atoms with Gasteiger partial charge in [0.15, 0.2) is 0 Å². The quantitative estimate of drug-likeness (QED) is 0.506. The molecule has 3 heteroatoms. The highest BCUT2D eigenvalue weighted by Gasteiger charge is 2.19. The van der Waals surface area contributed by atoms with Crippen LogP contribution in [0.15, 0.2) is 79.1 Å². The second-order valence-electron chi connectivity index (χ2n) is 6.39. The standard InChI is InChI=1S/C22H16N2O/c25-20-6-2-15(3-7-20)16-4-8-21-17(12-16)13-18-14-19(5-9-22(18)21)24-11-1-10-23-24/h1-12,14,25H,13H2. The third-order valence-electron chi connectivity index (χ3n) is 4.83. The molecule has 0 radical (unpaired) electrons. The fourth-order valence-electron chi connectivity index (χ4n) is 3.59. The van der Waals surface area contributed by atoms with Crippen LogP contribution in [-0.4, -0.2) is 14.9 Å². The van der Waals surface area contributed by atoms with Gasteiger partial charge in [0.2, 0.25) is 0 Å². The summed E-state index contributed by atoms with van der Waals surface area (Å²) in [6.45, 7) is 0. The molecular formula is C22H16N2O. The number of aromatic nitrogens is 2. The Morgan fingerprint density at radius 1 is 0.800 bits per heavy atom. The van der Waals surface area contributed by atoms with Crippen molar-refractivity contribution < 1.29 is 5.11 Å². The molecule has 0 spiro atoms. The Balaban J connectivity index is 1.54. The Bertz CT molecular complexity index is 1060. The van der Waals surface area contributed by atoms with E-state index in [9.17, 15) is 5.11 Å². The molecule has 1 N–H and O–H groups in total. The van der Waals surface area contributed by atoms with Crippen LogP contribution in [0.25, 0.3) is 27.9 Å². The number of hydrogen-bond acceptors (Lipinski definition) is 2. The van der Waals surface area contributed by atoms with E-state index in [1.54, 1.807) is 18.3 Å². The molecule has 1 aromatic heterocycles. The van der Waals surface area contributed by atoms with E-state index < -0.39 is 0 Å². The first-order chi connectivity index (χ1) is 12.3. The van der Waals surface area contributed by atoms with Gasteiger partial charge >= 0.3 is 0 Å². The maximum Gasteiger partial charge on any atom is 0.115 e. The van der Waals surface area contributed by atoms with Crippen molar-refractivity contribution in [2.45, 2.75) is 6.42 Å². The van der Waals surface area contributed by atoms with Crippen molar-refractivity contribution in [1.82, 2.24) is 9.78 Å². The summed E-state index contributed by atoms with van der Waals surface area (Å²) < 4.78 is 1.89. The molecule has 4 aromatic rings. The molecule has 25 heavy (non-hydrogen) atoms. The SMILES string of the molecule is Oc1ccc(-c2ccc3c(c2)Cc2cc(-n4cccn4)ccc2-3)cc1. The number of benzene rings is 3. The first-order valence-electron chi connectivity index (χ1n) is 8.33. The van der Waals surface area contributed by atoms with Gasteiger partial charge in [-0.3, -0.25) is 0 Å². The Kier molecular flexibility index (Phi) is 3.01. The molecule has 3 aromatic carbocycles. The lowest BCUT2D eigenvalue weighted by atomic mass is 9.99. The van der Waals surface area contributed by atoms with E-state index in [2.05, 4.69) is 41.5 Å². The van der Waals surface area contributed by atoms with E-state index in [1.165, 1.54) is 27.8 Å². The van der Waals surface area contributed by atoms with Crippen molar-refractivity contribution in [2.75, 3.05) is 0 Å². The summed E-state index contributed by atoms with van der Waals surface area (Å²) >= 11 is 0. The maximum absolute atomic E-state index is 9.47. The summed E-state index contributed by atoms with van der Waals surface area (Å²) in [6.07, 6.45) is 4.70. The molecule has 0 bridgehead atoms. The summed E-state index contributed by atoms with van der Waals surface area (Å²) in [7, 11) is 0. The molecule has 0 aliphatic heterocycles. The number of phenols is 1. The Labute approximate surface area is 145 Å². The zero-order chi connectivity index (χ0) is 16.8. The van der Waals surface area contributed by atoms with Crippen molar-refractivity contribution in [1.29, 1.82) is 0 Å². The first kappa shape index (κ1) is 14.1. The number of nitrogens with zero attached hydrogens (tertiary/aromatic N) is 2. The van der Waals surface area contributed by atoms with Crippen LogP contribution < -0.4 is 0 Å².